The van der Waals surface area contributed by atoms with Gasteiger partial charge in [-0.25, -0.2) is 22.0 Å². The van der Waals surface area contributed by atoms with Crippen LogP contribution < -0.4 is 14.6 Å². The van der Waals surface area contributed by atoms with Crippen molar-refractivity contribution >= 4 is 25.7 Å². The van der Waals surface area contributed by atoms with Crippen molar-refractivity contribution in [3.05, 3.63) is 48.5 Å². The van der Waals surface area contributed by atoms with Gasteiger partial charge >= 0.3 is 6.61 Å². The summed E-state index contributed by atoms with van der Waals surface area (Å²) in [4.78, 5) is -0.419. The van der Waals surface area contributed by atoms with Crippen molar-refractivity contribution in [3.63, 3.8) is 0 Å². The Balaban J connectivity index is 2.19. The van der Waals surface area contributed by atoms with Crippen molar-refractivity contribution in [2.45, 2.75) is 16.4 Å². The zero-order chi connectivity index (χ0) is 18.0. The Labute approximate surface area is 137 Å². The summed E-state index contributed by atoms with van der Waals surface area (Å²) in [6.45, 7) is -2.98. The van der Waals surface area contributed by atoms with E-state index in [9.17, 15) is 25.6 Å². The molecule has 0 amide bonds. The van der Waals surface area contributed by atoms with Gasteiger partial charge in [-0.05, 0) is 48.5 Å². The van der Waals surface area contributed by atoms with E-state index in [4.69, 9.17) is 5.14 Å². The molecule has 0 aliphatic rings. The molecule has 0 saturated carbocycles. The number of primary sulfonamides is 1. The fourth-order valence-electron chi connectivity index (χ4n) is 1.73. The summed E-state index contributed by atoms with van der Waals surface area (Å²) in [5.41, 5.74) is 0.118. The Morgan fingerprint density at radius 3 is 1.83 bits per heavy atom. The number of benzene rings is 2. The highest BCUT2D eigenvalue weighted by molar-refractivity contribution is 7.92. The standard InChI is InChI=1S/C13H12F2N2O5S2/c14-13(15)22-10-3-1-9(2-4-10)17-24(20,21)12-7-5-11(6-8-12)23(16,18)19/h1-8,13,17H,(H2,16,18,19). The molecule has 0 atom stereocenters. The van der Waals surface area contributed by atoms with Crippen LogP contribution in [0.4, 0.5) is 14.5 Å². The van der Waals surface area contributed by atoms with Gasteiger partial charge in [0.25, 0.3) is 10.0 Å². The second-order valence-electron chi connectivity index (χ2n) is 4.52. The third kappa shape index (κ3) is 4.63. The largest absolute Gasteiger partial charge is 0.435 e. The van der Waals surface area contributed by atoms with Crippen LogP contribution in [-0.4, -0.2) is 23.4 Å². The average Bonchev–Trinajstić information content (AvgIpc) is 2.48. The molecule has 2 rings (SSSR count). The van der Waals surface area contributed by atoms with Gasteiger partial charge in [0, 0.05) is 5.69 Å². The summed E-state index contributed by atoms with van der Waals surface area (Å²) in [7, 11) is -7.92. The van der Waals surface area contributed by atoms with Gasteiger partial charge < -0.3 is 4.74 Å². The van der Waals surface area contributed by atoms with E-state index in [1.807, 2.05) is 0 Å². The summed E-state index contributed by atoms with van der Waals surface area (Å²) < 4.78 is 77.1. The molecule has 0 radical (unpaired) electrons. The predicted octanol–water partition coefficient (Wildman–Crippen LogP) is 1.74. The third-order valence-electron chi connectivity index (χ3n) is 2.79. The first-order valence-corrected chi connectivity index (χ1v) is 9.31. The summed E-state index contributed by atoms with van der Waals surface area (Å²) in [6.07, 6.45) is 0. The smallest absolute Gasteiger partial charge is 0.387 e. The maximum atomic E-state index is 12.2. The number of alkyl halides is 2. The molecule has 0 aliphatic heterocycles. The molecule has 0 aromatic heterocycles. The summed E-state index contributed by atoms with van der Waals surface area (Å²) in [5, 5.41) is 4.93. The number of nitrogens with two attached hydrogens (primary N) is 1. The van der Waals surface area contributed by atoms with Crippen LogP contribution >= 0.6 is 0 Å². The van der Waals surface area contributed by atoms with Gasteiger partial charge in [0.2, 0.25) is 10.0 Å². The Morgan fingerprint density at radius 2 is 1.38 bits per heavy atom. The summed E-state index contributed by atoms with van der Waals surface area (Å²) in [5.74, 6) is -0.120. The first-order chi connectivity index (χ1) is 11.1. The van der Waals surface area contributed by atoms with E-state index in [0.29, 0.717) is 0 Å². The van der Waals surface area contributed by atoms with Crippen LogP contribution in [0, 0.1) is 0 Å². The molecule has 0 bridgehead atoms. The number of hydrogen-bond acceptors (Lipinski definition) is 5. The Bertz CT molecular complexity index is 912. The van der Waals surface area contributed by atoms with Crippen LogP contribution in [0.2, 0.25) is 0 Å². The minimum Gasteiger partial charge on any atom is -0.435 e. The second kappa shape index (κ2) is 6.71. The van der Waals surface area contributed by atoms with Crippen LogP contribution in [-0.2, 0) is 20.0 Å². The molecule has 0 unspecified atom stereocenters. The molecule has 0 aliphatic carbocycles. The highest BCUT2D eigenvalue weighted by atomic mass is 32.2. The Kier molecular flexibility index (Phi) is 5.06. The zero-order valence-electron chi connectivity index (χ0n) is 11.9. The molecule has 130 valence electrons. The molecule has 0 saturated heterocycles. The number of sulfonamides is 2. The number of hydrogen-bond donors (Lipinski definition) is 2. The topological polar surface area (TPSA) is 116 Å². The Morgan fingerprint density at radius 1 is 0.875 bits per heavy atom. The molecule has 0 spiro atoms. The molecule has 24 heavy (non-hydrogen) atoms. The van der Waals surface area contributed by atoms with Crippen LogP contribution in [0.5, 0.6) is 5.75 Å². The normalized spacial score (nSPS) is 12.2. The Hall–Kier alpha value is -2.24. The van der Waals surface area contributed by atoms with Gasteiger partial charge in [0.05, 0.1) is 9.79 Å². The molecule has 0 heterocycles. The molecule has 11 heteroatoms. The first kappa shape index (κ1) is 18.1. The van der Waals surface area contributed by atoms with Crippen molar-refractivity contribution in [2.75, 3.05) is 4.72 Å². The lowest BCUT2D eigenvalue weighted by molar-refractivity contribution is -0.0498. The van der Waals surface area contributed by atoms with Crippen molar-refractivity contribution in [2.24, 2.45) is 5.14 Å². The number of anilines is 1. The first-order valence-electron chi connectivity index (χ1n) is 6.28. The molecule has 2 aromatic rings. The quantitative estimate of drug-likeness (QED) is 0.794. The third-order valence-corrected chi connectivity index (χ3v) is 5.12. The lowest BCUT2D eigenvalue weighted by atomic mass is 10.3. The molecule has 3 N–H and O–H groups in total. The van der Waals surface area contributed by atoms with E-state index in [-0.39, 0.29) is 21.2 Å². The van der Waals surface area contributed by atoms with Gasteiger partial charge in [-0.3, -0.25) is 4.72 Å². The van der Waals surface area contributed by atoms with E-state index in [1.165, 1.54) is 24.3 Å². The van der Waals surface area contributed by atoms with Gasteiger partial charge in [0.1, 0.15) is 5.75 Å². The summed E-state index contributed by atoms with van der Waals surface area (Å²) >= 11 is 0. The lowest BCUT2D eigenvalue weighted by Crippen LogP contribution is -2.15. The molecule has 7 nitrogen and oxygen atoms in total. The average molecular weight is 378 g/mol. The maximum Gasteiger partial charge on any atom is 0.387 e. The van der Waals surface area contributed by atoms with Gasteiger partial charge in [0.15, 0.2) is 0 Å². The summed E-state index contributed by atoms with van der Waals surface area (Å²) in [6, 6.07) is 9.11. The van der Waals surface area contributed by atoms with E-state index in [0.717, 1.165) is 24.3 Å². The lowest BCUT2D eigenvalue weighted by Gasteiger charge is -2.10. The monoisotopic (exact) mass is 378 g/mol. The molecule has 0 fully saturated rings. The van der Waals surface area contributed by atoms with Gasteiger partial charge in [-0.1, -0.05) is 0 Å². The SMILES string of the molecule is NS(=O)(=O)c1ccc(S(=O)(=O)Nc2ccc(OC(F)F)cc2)cc1. The van der Waals surface area contributed by atoms with Gasteiger partial charge in [-0.15, -0.1) is 0 Å². The van der Waals surface area contributed by atoms with E-state index in [2.05, 4.69) is 9.46 Å². The number of ether oxygens (including phenoxy) is 1. The van der Waals surface area contributed by atoms with Crippen LogP contribution in [0.3, 0.4) is 0 Å². The predicted molar refractivity (Wildman–Crippen MR) is 81.7 cm³/mol. The molecular formula is C13H12F2N2O5S2. The minimum atomic E-state index is -3.99. The van der Waals surface area contributed by atoms with E-state index >= 15 is 0 Å². The van der Waals surface area contributed by atoms with Crippen molar-refractivity contribution < 1.29 is 30.4 Å². The van der Waals surface area contributed by atoms with Crippen LogP contribution in [0.1, 0.15) is 0 Å². The number of nitrogens with one attached hydrogen (secondary N) is 1. The number of rotatable bonds is 6. The van der Waals surface area contributed by atoms with Crippen molar-refractivity contribution in [3.8, 4) is 5.75 Å². The fraction of sp³-hybridized carbons (Fsp3) is 0.0769. The second-order valence-corrected chi connectivity index (χ2v) is 7.77. The minimum absolute atomic E-state index is 0.118. The highest BCUT2D eigenvalue weighted by Crippen LogP contribution is 2.21. The van der Waals surface area contributed by atoms with Crippen LogP contribution in [0.15, 0.2) is 58.3 Å². The van der Waals surface area contributed by atoms with Crippen LogP contribution in [0.25, 0.3) is 0 Å². The van der Waals surface area contributed by atoms with Crippen molar-refractivity contribution in [1.82, 2.24) is 0 Å². The fourth-order valence-corrected chi connectivity index (χ4v) is 3.30. The molecule has 2 aromatic carbocycles. The van der Waals surface area contributed by atoms with E-state index in [1.54, 1.807) is 0 Å². The van der Waals surface area contributed by atoms with E-state index < -0.39 is 26.7 Å². The maximum absolute atomic E-state index is 12.2. The zero-order valence-corrected chi connectivity index (χ0v) is 13.5. The number of halogens is 2. The van der Waals surface area contributed by atoms with Gasteiger partial charge in [-0.2, -0.15) is 8.78 Å². The molecular weight excluding hydrogens is 366 g/mol. The highest BCUT2D eigenvalue weighted by Gasteiger charge is 2.16. The van der Waals surface area contributed by atoms with Crippen molar-refractivity contribution in [1.29, 1.82) is 0 Å².